The molecule has 5 aromatic rings. The molecule has 1 N–H and O–H groups in total. The zero-order valence-electron chi connectivity index (χ0n) is 21.2. The molecule has 0 aliphatic carbocycles. The van der Waals surface area contributed by atoms with Crippen LogP contribution in [0.15, 0.2) is 94.0 Å². The summed E-state index contributed by atoms with van der Waals surface area (Å²) in [5, 5.41) is 27.4. The van der Waals surface area contributed by atoms with Crippen molar-refractivity contribution in [1.29, 1.82) is 5.26 Å². The molecular weight excluding hydrogens is 537 g/mol. The molecule has 0 fully saturated rings. The fourth-order valence-electron chi connectivity index (χ4n) is 4.34. The van der Waals surface area contributed by atoms with Gasteiger partial charge in [0.05, 0.1) is 12.0 Å². The quantitative estimate of drug-likeness (QED) is 0.219. The van der Waals surface area contributed by atoms with Gasteiger partial charge in [0, 0.05) is 17.5 Å². The van der Waals surface area contributed by atoms with E-state index in [0.717, 1.165) is 5.56 Å². The maximum atomic E-state index is 14.0. The fourth-order valence-corrected chi connectivity index (χ4v) is 4.34. The highest BCUT2D eigenvalue weighted by molar-refractivity contribution is 5.84. The fraction of sp³-hybridized carbons (Fsp3) is 0.167. The number of aliphatic hydroxyl groups excluding tert-OH is 1. The molecular formula is C30H21F3N4O4. The first-order chi connectivity index (χ1) is 19.7. The first-order valence-corrected chi connectivity index (χ1v) is 12.5. The standard InChI is InChI=1S/C30H21F3N4O4/c31-30(32,33)24-25(20-9-5-2-6-10-20)36-40-27(24)29-35-28(37-41-29)22-13-11-21(12-14-22)26(39)23(38)16-19(17-34)15-18-7-3-1-4-8-18/h1-14,19,26,39H,15-16H2. The number of rotatable bonds is 9. The molecule has 206 valence electrons. The van der Waals surface area contributed by atoms with E-state index in [-0.39, 0.29) is 23.4 Å². The van der Waals surface area contributed by atoms with Crippen molar-refractivity contribution in [3.8, 4) is 40.4 Å². The van der Waals surface area contributed by atoms with E-state index in [1.54, 1.807) is 18.2 Å². The van der Waals surface area contributed by atoms with E-state index in [0.29, 0.717) is 12.0 Å². The average molecular weight is 559 g/mol. The van der Waals surface area contributed by atoms with Crippen molar-refractivity contribution in [2.75, 3.05) is 0 Å². The Kier molecular flexibility index (Phi) is 7.76. The summed E-state index contributed by atoms with van der Waals surface area (Å²) in [6.45, 7) is 0. The highest BCUT2D eigenvalue weighted by Crippen LogP contribution is 2.43. The van der Waals surface area contributed by atoms with E-state index in [2.05, 4.69) is 21.4 Å². The highest BCUT2D eigenvalue weighted by atomic mass is 19.4. The van der Waals surface area contributed by atoms with Crippen LogP contribution in [0.1, 0.15) is 29.2 Å². The Labute approximate surface area is 231 Å². The molecule has 8 nitrogen and oxygen atoms in total. The van der Waals surface area contributed by atoms with Gasteiger partial charge in [-0.05, 0) is 17.5 Å². The van der Waals surface area contributed by atoms with Gasteiger partial charge >= 0.3 is 6.18 Å². The average Bonchev–Trinajstić information content (AvgIpc) is 3.65. The minimum Gasteiger partial charge on any atom is -0.381 e. The number of carbonyl (C=O) groups excluding carboxylic acids is 1. The minimum atomic E-state index is -4.81. The van der Waals surface area contributed by atoms with Gasteiger partial charge in [-0.25, -0.2) is 0 Å². The van der Waals surface area contributed by atoms with E-state index in [1.165, 1.54) is 36.4 Å². The molecule has 0 amide bonds. The number of hydrogen-bond acceptors (Lipinski definition) is 8. The van der Waals surface area contributed by atoms with Gasteiger partial charge in [-0.2, -0.15) is 23.4 Å². The van der Waals surface area contributed by atoms with E-state index < -0.39 is 46.9 Å². The molecule has 0 aliphatic rings. The smallest absolute Gasteiger partial charge is 0.381 e. The van der Waals surface area contributed by atoms with Gasteiger partial charge in [0.25, 0.3) is 5.89 Å². The Hall–Kier alpha value is -5.08. The highest BCUT2D eigenvalue weighted by Gasteiger charge is 2.43. The van der Waals surface area contributed by atoms with E-state index in [1.807, 2.05) is 30.3 Å². The Morgan fingerprint density at radius 3 is 2.20 bits per heavy atom. The summed E-state index contributed by atoms with van der Waals surface area (Å²) in [5.41, 5.74) is 0.213. The van der Waals surface area contributed by atoms with Crippen LogP contribution in [-0.2, 0) is 17.4 Å². The van der Waals surface area contributed by atoms with Gasteiger partial charge in [0.15, 0.2) is 5.78 Å². The lowest BCUT2D eigenvalue weighted by Gasteiger charge is -2.13. The predicted octanol–water partition coefficient (Wildman–Crippen LogP) is 6.45. The number of Topliss-reactive ketones (excluding diaryl/α,β-unsaturated/α-hetero) is 1. The molecule has 0 aliphatic heterocycles. The third-order valence-electron chi connectivity index (χ3n) is 6.39. The van der Waals surface area contributed by atoms with E-state index in [9.17, 15) is 28.3 Å². The van der Waals surface area contributed by atoms with Crippen LogP contribution in [0.25, 0.3) is 34.3 Å². The topological polar surface area (TPSA) is 126 Å². The summed E-state index contributed by atoms with van der Waals surface area (Å²) in [4.78, 5) is 16.7. The van der Waals surface area contributed by atoms with Crippen LogP contribution in [0.5, 0.6) is 0 Å². The van der Waals surface area contributed by atoms with Crippen molar-refractivity contribution >= 4 is 5.78 Å². The normalized spacial score (nSPS) is 13.0. The lowest BCUT2D eigenvalue weighted by Crippen LogP contribution is -2.17. The maximum absolute atomic E-state index is 14.0. The largest absolute Gasteiger partial charge is 0.422 e. The van der Waals surface area contributed by atoms with Crippen molar-refractivity contribution in [3.63, 3.8) is 0 Å². The molecule has 0 saturated heterocycles. The number of benzene rings is 3. The number of alkyl halides is 3. The molecule has 0 bridgehead atoms. The van der Waals surface area contributed by atoms with Crippen LogP contribution in [0.4, 0.5) is 13.2 Å². The van der Waals surface area contributed by atoms with Gasteiger partial charge in [0.1, 0.15) is 17.4 Å². The second-order valence-corrected chi connectivity index (χ2v) is 9.23. The molecule has 2 unspecified atom stereocenters. The lowest BCUT2D eigenvalue weighted by atomic mass is 9.92. The summed E-state index contributed by atoms with van der Waals surface area (Å²) in [6, 6.07) is 25.1. The van der Waals surface area contributed by atoms with E-state index in [4.69, 9.17) is 9.05 Å². The molecule has 2 aromatic heterocycles. The summed E-state index contributed by atoms with van der Waals surface area (Å²) >= 11 is 0. The summed E-state index contributed by atoms with van der Waals surface area (Å²) in [6.07, 6.45) is -6.03. The van der Waals surface area contributed by atoms with Crippen molar-refractivity contribution in [3.05, 3.63) is 102 Å². The van der Waals surface area contributed by atoms with Crippen LogP contribution >= 0.6 is 0 Å². The van der Waals surface area contributed by atoms with Crippen LogP contribution in [0.2, 0.25) is 0 Å². The molecule has 2 atom stereocenters. The zero-order valence-corrected chi connectivity index (χ0v) is 21.2. The SMILES string of the molecule is N#CC(CC(=O)C(O)c1ccc(-c2noc(-c3onc(-c4ccccc4)c3C(F)(F)F)n2)cc1)Cc1ccccc1. The van der Waals surface area contributed by atoms with Crippen molar-refractivity contribution in [1.82, 2.24) is 15.3 Å². The molecule has 0 spiro atoms. The van der Waals surface area contributed by atoms with E-state index >= 15 is 0 Å². The second-order valence-electron chi connectivity index (χ2n) is 9.23. The van der Waals surface area contributed by atoms with Gasteiger partial charge < -0.3 is 14.2 Å². The molecule has 0 saturated carbocycles. The molecule has 5 rings (SSSR count). The molecule has 0 radical (unpaired) electrons. The molecule has 2 heterocycles. The Balaban J connectivity index is 1.32. The summed E-state index contributed by atoms with van der Waals surface area (Å²) in [7, 11) is 0. The number of halogens is 3. The first kappa shape index (κ1) is 27.5. The van der Waals surface area contributed by atoms with Crippen molar-refractivity contribution in [2.24, 2.45) is 5.92 Å². The summed E-state index contributed by atoms with van der Waals surface area (Å²) in [5.74, 6) is -2.37. The second kappa shape index (κ2) is 11.6. The van der Waals surface area contributed by atoms with Crippen LogP contribution in [0, 0.1) is 17.2 Å². The predicted molar refractivity (Wildman–Crippen MR) is 140 cm³/mol. The van der Waals surface area contributed by atoms with Crippen molar-refractivity contribution in [2.45, 2.75) is 25.1 Å². The van der Waals surface area contributed by atoms with Crippen LogP contribution < -0.4 is 0 Å². The lowest BCUT2D eigenvalue weighted by molar-refractivity contribution is -0.137. The number of aromatic nitrogens is 3. The number of ketones is 1. The molecule has 41 heavy (non-hydrogen) atoms. The van der Waals surface area contributed by atoms with Gasteiger partial charge in [-0.1, -0.05) is 95.2 Å². The molecule has 11 heteroatoms. The number of nitriles is 1. The number of aliphatic hydroxyl groups is 1. The van der Waals surface area contributed by atoms with Gasteiger partial charge in [0.2, 0.25) is 11.6 Å². The van der Waals surface area contributed by atoms with Crippen molar-refractivity contribution < 1.29 is 32.1 Å². The Bertz CT molecular complexity index is 1670. The maximum Gasteiger partial charge on any atom is 0.422 e. The zero-order chi connectivity index (χ0) is 29.0. The summed E-state index contributed by atoms with van der Waals surface area (Å²) < 4.78 is 52.0. The third kappa shape index (κ3) is 6.08. The minimum absolute atomic E-state index is 0.0365. The monoisotopic (exact) mass is 558 g/mol. The number of hydrogen-bond donors (Lipinski definition) is 1. The van der Waals surface area contributed by atoms with Crippen LogP contribution in [-0.4, -0.2) is 26.2 Å². The van der Waals surface area contributed by atoms with Gasteiger partial charge in [-0.3, -0.25) is 4.79 Å². The van der Waals surface area contributed by atoms with Crippen LogP contribution in [0.3, 0.4) is 0 Å². The number of carbonyl (C=O) groups is 1. The number of nitrogens with zero attached hydrogens (tertiary/aromatic N) is 4. The molecule has 3 aromatic carbocycles. The first-order valence-electron chi connectivity index (χ1n) is 12.5. The Morgan fingerprint density at radius 2 is 1.56 bits per heavy atom. The third-order valence-corrected chi connectivity index (χ3v) is 6.39. The van der Waals surface area contributed by atoms with Gasteiger partial charge in [-0.15, -0.1) is 0 Å². The Morgan fingerprint density at radius 1 is 0.902 bits per heavy atom.